The molecule has 0 aromatic carbocycles. The zero-order valence-corrected chi connectivity index (χ0v) is 10.0. The second kappa shape index (κ2) is 4.29. The minimum absolute atomic E-state index is 0.0672. The van der Waals surface area contributed by atoms with Crippen LogP contribution in [0.25, 0.3) is 0 Å². The van der Waals surface area contributed by atoms with Crippen LogP contribution in [0.5, 0.6) is 0 Å². The summed E-state index contributed by atoms with van der Waals surface area (Å²) in [4.78, 5) is 16.5. The highest BCUT2D eigenvalue weighted by Crippen LogP contribution is 2.31. The number of nitro groups is 1. The standard InChI is InChI=1S/C11H16N4O2/c1-11(2)8-12-6-7-14(11)9-4-3-5-13-10(9)15(16)17/h3-5,12H,6-8H2,1-2H3. The molecule has 0 aliphatic carbocycles. The average Bonchev–Trinajstić information content (AvgIpc) is 2.28. The lowest BCUT2D eigenvalue weighted by Gasteiger charge is -2.43. The smallest absolute Gasteiger partial charge is 0.358 e. The summed E-state index contributed by atoms with van der Waals surface area (Å²) in [6, 6.07) is 3.50. The molecule has 1 aliphatic rings. The fourth-order valence-corrected chi connectivity index (χ4v) is 2.17. The first-order chi connectivity index (χ1) is 8.02. The van der Waals surface area contributed by atoms with Crippen molar-refractivity contribution in [1.82, 2.24) is 10.3 Å². The van der Waals surface area contributed by atoms with Gasteiger partial charge in [0.1, 0.15) is 11.9 Å². The molecule has 0 saturated carbocycles. The van der Waals surface area contributed by atoms with Gasteiger partial charge >= 0.3 is 5.82 Å². The molecule has 1 N–H and O–H groups in total. The summed E-state index contributed by atoms with van der Waals surface area (Å²) in [5.74, 6) is -0.0672. The van der Waals surface area contributed by atoms with Gasteiger partial charge in [0.25, 0.3) is 0 Å². The van der Waals surface area contributed by atoms with Gasteiger partial charge in [-0.2, -0.15) is 0 Å². The van der Waals surface area contributed by atoms with Crippen molar-refractivity contribution in [3.05, 3.63) is 28.4 Å². The highest BCUT2D eigenvalue weighted by Gasteiger charge is 2.33. The Bertz CT molecular complexity index is 433. The first kappa shape index (κ1) is 11.8. The number of nitrogens with one attached hydrogen (secondary N) is 1. The summed E-state index contributed by atoms with van der Waals surface area (Å²) >= 11 is 0. The molecular formula is C11H16N4O2. The Morgan fingerprint density at radius 1 is 1.59 bits per heavy atom. The van der Waals surface area contributed by atoms with Gasteiger partial charge < -0.3 is 20.3 Å². The van der Waals surface area contributed by atoms with Crippen molar-refractivity contribution >= 4 is 11.5 Å². The Kier molecular flexibility index (Phi) is 2.97. The first-order valence-corrected chi connectivity index (χ1v) is 5.60. The molecule has 6 heteroatoms. The lowest BCUT2D eigenvalue weighted by molar-refractivity contribution is -0.388. The maximum Gasteiger partial charge on any atom is 0.387 e. The molecule has 0 bridgehead atoms. The monoisotopic (exact) mass is 236 g/mol. The Hall–Kier alpha value is -1.69. The van der Waals surface area contributed by atoms with Gasteiger partial charge in [0.05, 0.1) is 0 Å². The zero-order chi connectivity index (χ0) is 12.5. The van der Waals surface area contributed by atoms with Crippen LogP contribution < -0.4 is 10.2 Å². The largest absolute Gasteiger partial charge is 0.387 e. The Balaban J connectivity index is 2.42. The highest BCUT2D eigenvalue weighted by molar-refractivity contribution is 5.61. The molecule has 2 heterocycles. The van der Waals surface area contributed by atoms with Crippen molar-refractivity contribution in [3.63, 3.8) is 0 Å². The van der Waals surface area contributed by atoms with Crippen LogP contribution in [-0.2, 0) is 0 Å². The molecule has 17 heavy (non-hydrogen) atoms. The molecule has 1 aromatic heterocycles. The Morgan fingerprint density at radius 2 is 2.35 bits per heavy atom. The van der Waals surface area contributed by atoms with Crippen molar-refractivity contribution in [2.24, 2.45) is 0 Å². The molecule has 6 nitrogen and oxygen atoms in total. The summed E-state index contributed by atoms with van der Waals surface area (Å²) in [6.45, 7) is 6.51. The van der Waals surface area contributed by atoms with E-state index in [4.69, 9.17) is 0 Å². The molecule has 0 amide bonds. The normalized spacial score (nSPS) is 19.1. The van der Waals surface area contributed by atoms with Gasteiger partial charge in [-0.15, -0.1) is 0 Å². The number of piperazine rings is 1. The number of anilines is 1. The quantitative estimate of drug-likeness (QED) is 0.616. The minimum atomic E-state index is -0.423. The molecule has 1 aromatic rings. The van der Waals surface area contributed by atoms with E-state index in [0.29, 0.717) is 5.69 Å². The van der Waals surface area contributed by atoms with Crippen molar-refractivity contribution < 1.29 is 4.92 Å². The van der Waals surface area contributed by atoms with Crippen LogP contribution in [0, 0.1) is 10.1 Å². The van der Waals surface area contributed by atoms with Crippen LogP contribution in [0.1, 0.15) is 13.8 Å². The van der Waals surface area contributed by atoms with E-state index < -0.39 is 4.92 Å². The number of nitrogens with zero attached hydrogens (tertiary/aromatic N) is 3. The fraction of sp³-hybridized carbons (Fsp3) is 0.545. The summed E-state index contributed by atoms with van der Waals surface area (Å²) < 4.78 is 0. The SMILES string of the molecule is CC1(C)CNCCN1c1cccnc1[N+](=O)[O-]. The third-order valence-corrected chi connectivity index (χ3v) is 3.03. The van der Waals surface area contributed by atoms with E-state index in [-0.39, 0.29) is 11.4 Å². The van der Waals surface area contributed by atoms with Crippen molar-refractivity contribution in [1.29, 1.82) is 0 Å². The molecule has 1 fully saturated rings. The van der Waals surface area contributed by atoms with E-state index in [9.17, 15) is 10.1 Å². The average molecular weight is 236 g/mol. The third-order valence-electron chi connectivity index (χ3n) is 3.03. The molecule has 0 unspecified atom stereocenters. The number of pyridine rings is 1. The van der Waals surface area contributed by atoms with Gasteiger partial charge in [0.15, 0.2) is 0 Å². The van der Waals surface area contributed by atoms with E-state index in [1.165, 1.54) is 6.20 Å². The zero-order valence-electron chi connectivity index (χ0n) is 10.0. The van der Waals surface area contributed by atoms with Gasteiger partial charge in [-0.1, -0.05) is 0 Å². The van der Waals surface area contributed by atoms with Crippen LogP contribution in [0.15, 0.2) is 18.3 Å². The maximum atomic E-state index is 11.0. The van der Waals surface area contributed by atoms with Crippen molar-refractivity contribution in [2.45, 2.75) is 19.4 Å². The van der Waals surface area contributed by atoms with Crippen LogP contribution in [0.2, 0.25) is 0 Å². The van der Waals surface area contributed by atoms with E-state index >= 15 is 0 Å². The minimum Gasteiger partial charge on any atom is -0.358 e. The highest BCUT2D eigenvalue weighted by atomic mass is 16.6. The fourth-order valence-electron chi connectivity index (χ4n) is 2.17. The first-order valence-electron chi connectivity index (χ1n) is 5.60. The molecule has 0 radical (unpaired) electrons. The summed E-state index contributed by atoms with van der Waals surface area (Å²) in [6.07, 6.45) is 1.46. The van der Waals surface area contributed by atoms with Crippen molar-refractivity contribution in [2.75, 3.05) is 24.5 Å². The second-order valence-electron chi connectivity index (χ2n) is 4.74. The molecular weight excluding hydrogens is 220 g/mol. The Morgan fingerprint density at radius 3 is 3.00 bits per heavy atom. The maximum absolute atomic E-state index is 11.0. The number of rotatable bonds is 2. The summed E-state index contributed by atoms with van der Waals surface area (Å²) in [7, 11) is 0. The van der Waals surface area contributed by atoms with Gasteiger partial charge in [-0.25, -0.2) is 0 Å². The van der Waals surface area contributed by atoms with Gasteiger partial charge in [-0.3, -0.25) is 0 Å². The van der Waals surface area contributed by atoms with Crippen LogP contribution in [0.4, 0.5) is 11.5 Å². The molecule has 0 spiro atoms. The number of hydrogen-bond donors (Lipinski definition) is 1. The van der Waals surface area contributed by atoms with E-state index in [1.54, 1.807) is 12.1 Å². The molecule has 2 rings (SSSR count). The van der Waals surface area contributed by atoms with Crippen LogP contribution >= 0.6 is 0 Å². The van der Waals surface area contributed by atoms with Crippen molar-refractivity contribution in [3.8, 4) is 0 Å². The lowest BCUT2D eigenvalue weighted by atomic mass is 9.99. The van der Waals surface area contributed by atoms with Crippen LogP contribution in [-0.4, -0.2) is 35.1 Å². The summed E-state index contributed by atoms with van der Waals surface area (Å²) in [5, 5.41) is 14.3. The number of aromatic nitrogens is 1. The molecule has 1 aliphatic heterocycles. The van der Waals surface area contributed by atoms with Crippen LogP contribution in [0.3, 0.4) is 0 Å². The number of hydrogen-bond acceptors (Lipinski definition) is 5. The topological polar surface area (TPSA) is 71.3 Å². The molecule has 1 saturated heterocycles. The van der Waals surface area contributed by atoms with E-state index in [0.717, 1.165) is 19.6 Å². The van der Waals surface area contributed by atoms with Gasteiger partial charge in [0, 0.05) is 25.2 Å². The van der Waals surface area contributed by atoms with E-state index in [1.807, 2.05) is 0 Å². The predicted molar refractivity (Wildman–Crippen MR) is 65.2 cm³/mol. The third kappa shape index (κ3) is 2.21. The lowest BCUT2D eigenvalue weighted by Crippen LogP contribution is -2.58. The predicted octanol–water partition coefficient (Wildman–Crippen LogP) is 1.18. The van der Waals surface area contributed by atoms with Gasteiger partial charge in [0.2, 0.25) is 0 Å². The van der Waals surface area contributed by atoms with E-state index in [2.05, 4.69) is 29.0 Å². The molecule has 0 atom stereocenters. The second-order valence-corrected chi connectivity index (χ2v) is 4.74. The molecule has 92 valence electrons. The Labute approximate surface area is 99.8 Å². The summed E-state index contributed by atoms with van der Waals surface area (Å²) in [5.41, 5.74) is 0.454. The van der Waals surface area contributed by atoms with Gasteiger partial charge in [-0.05, 0) is 35.9 Å².